The minimum atomic E-state index is -0.400. The number of fused-ring (bicyclic) bond motifs is 1. The van der Waals surface area contributed by atoms with Gasteiger partial charge in [-0.15, -0.1) is 0 Å². The highest BCUT2D eigenvalue weighted by Crippen LogP contribution is 2.37. The van der Waals surface area contributed by atoms with Crippen LogP contribution in [0.15, 0.2) is 24.3 Å². The lowest BCUT2D eigenvalue weighted by Gasteiger charge is -2.22. The zero-order valence-corrected chi connectivity index (χ0v) is 15.8. The van der Waals surface area contributed by atoms with Crippen LogP contribution in [-0.2, 0) is 11.2 Å². The molecule has 25 heavy (non-hydrogen) atoms. The van der Waals surface area contributed by atoms with Gasteiger partial charge in [0, 0.05) is 28.5 Å². The summed E-state index contributed by atoms with van der Waals surface area (Å²) >= 11 is 7.91. The summed E-state index contributed by atoms with van der Waals surface area (Å²) in [5.41, 5.74) is 3.49. The summed E-state index contributed by atoms with van der Waals surface area (Å²) in [4.78, 5) is 28.1. The van der Waals surface area contributed by atoms with E-state index in [2.05, 4.69) is 4.98 Å². The van der Waals surface area contributed by atoms with Gasteiger partial charge in [-0.05, 0) is 42.7 Å². The number of benzene rings is 1. The van der Waals surface area contributed by atoms with Crippen molar-refractivity contribution in [1.82, 2.24) is 4.98 Å². The highest BCUT2D eigenvalue weighted by Gasteiger charge is 2.32. The first-order valence-electron chi connectivity index (χ1n) is 8.18. The predicted octanol–water partition coefficient (Wildman–Crippen LogP) is 4.41. The smallest absolute Gasteiger partial charge is 0.355 e. The average Bonchev–Trinajstić information content (AvgIpc) is 2.92. The van der Waals surface area contributed by atoms with E-state index in [1.807, 2.05) is 30.5 Å². The predicted molar refractivity (Wildman–Crippen MR) is 101 cm³/mol. The maximum Gasteiger partial charge on any atom is 0.355 e. The number of H-pyrrole nitrogens is 1. The van der Waals surface area contributed by atoms with Crippen LogP contribution >= 0.6 is 23.4 Å². The highest BCUT2D eigenvalue weighted by molar-refractivity contribution is 7.98. The van der Waals surface area contributed by atoms with E-state index < -0.39 is 5.97 Å². The van der Waals surface area contributed by atoms with Crippen molar-refractivity contribution < 1.29 is 14.3 Å². The van der Waals surface area contributed by atoms with Gasteiger partial charge in [-0.2, -0.15) is 11.8 Å². The van der Waals surface area contributed by atoms with Gasteiger partial charge in [0.25, 0.3) is 0 Å². The molecule has 0 saturated carbocycles. The Morgan fingerprint density at radius 1 is 1.36 bits per heavy atom. The van der Waals surface area contributed by atoms with Crippen LogP contribution in [0.5, 0.6) is 0 Å². The molecule has 1 aliphatic rings. The Balaban J connectivity index is 1.87. The number of aromatic nitrogens is 1. The van der Waals surface area contributed by atoms with E-state index in [1.54, 1.807) is 18.7 Å². The Labute approximate surface area is 156 Å². The minimum Gasteiger partial charge on any atom is -0.460 e. The number of ketones is 1. The van der Waals surface area contributed by atoms with Gasteiger partial charge in [0.15, 0.2) is 5.78 Å². The molecule has 0 bridgehead atoms. The number of halogens is 1. The first-order valence-corrected chi connectivity index (χ1v) is 9.95. The first-order chi connectivity index (χ1) is 12.0. The lowest BCUT2D eigenvalue weighted by Crippen LogP contribution is -2.18. The number of aromatic amines is 1. The summed E-state index contributed by atoms with van der Waals surface area (Å²) in [6.07, 6.45) is 3.01. The van der Waals surface area contributed by atoms with Crippen LogP contribution in [0.3, 0.4) is 0 Å². The fraction of sp³-hybridized carbons (Fsp3) is 0.368. The Morgan fingerprint density at radius 2 is 2.12 bits per heavy atom. The molecule has 0 saturated heterocycles. The van der Waals surface area contributed by atoms with Gasteiger partial charge in [-0.25, -0.2) is 4.79 Å². The van der Waals surface area contributed by atoms with E-state index in [1.165, 1.54) is 0 Å². The molecule has 1 heterocycles. The minimum absolute atomic E-state index is 0.0205. The lowest BCUT2D eigenvalue weighted by atomic mass is 9.81. The van der Waals surface area contributed by atoms with E-state index in [0.717, 1.165) is 17.0 Å². The molecule has 4 nitrogen and oxygen atoms in total. The van der Waals surface area contributed by atoms with Crippen molar-refractivity contribution in [2.75, 3.05) is 18.6 Å². The zero-order valence-electron chi connectivity index (χ0n) is 14.2. The Bertz CT molecular complexity index is 815. The molecule has 1 aromatic heterocycles. The van der Waals surface area contributed by atoms with Gasteiger partial charge in [0.1, 0.15) is 12.3 Å². The number of hydrogen-bond acceptors (Lipinski definition) is 4. The largest absolute Gasteiger partial charge is 0.460 e. The van der Waals surface area contributed by atoms with E-state index >= 15 is 0 Å². The fourth-order valence-electron chi connectivity index (χ4n) is 3.35. The summed E-state index contributed by atoms with van der Waals surface area (Å²) in [6.45, 7) is 2.16. The third kappa shape index (κ3) is 3.62. The van der Waals surface area contributed by atoms with E-state index in [4.69, 9.17) is 16.3 Å². The molecule has 0 fully saturated rings. The second kappa shape index (κ2) is 7.67. The van der Waals surface area contributed by atoms with Gasteiger partial charge in [0.05, 0.1) is 0 Å². The van der Waals surface area contributed by atoms with Crippen LogP contribution in [0.25, 0.3) is 0 Å². The van der Waals surface area contributed by atoms with Crippen LogP contribution in [0, 0.1) is 6.92 Å². The van der Waals surface area contributed by atoms with Crippen molar-refractivity contribution >= 4 is 35.1 Å². The number of ether oxygens (including phenoxy) is 1. The molecule has 6 heteroatoms. The van der Waals surface area contributed by atoms with E-state index in [9.17, 15) is 9.59 Å². The summed E-state index contributed by atoms with van der Waals surface area (Å²) < 4.78 is 5.27. The summed E-state index contributed by atoms with van der Waals surface area (Å²) in [6, 6.07) is 7.60. The van der Waals surface area contributed by atoms with Gasteiger partial charge >= 0.3 is 5.97 Å². The number of hydrogen-bond donors (Lipinski definition) is 1. The van der Waals surface area contributed by atoms with E-state index in [-0.39, 0.29) is 11.7 Å². The molecule has 0 amide bonds. The van der Waals surface area contributed by atoms with Crippen molar-refractivity contribution in [2.45, 2.75) is 25.7 Å². The molecular formula is C19H20ClNO3S. The topological polar surface area (TPSA) is 59.2 Å². The maximum absolute atomic E-state index is 12.7. The standard InChI is InChI=1S/C19H20ClNO3S/c1-11-17-15(21-18(11)19(23)24-7-8-25-2)9-12(10-16(17)22)13-5-3-4-6-14(13)20/h3-6,12,21H,7-10H2,1-2H3/t12-/m0/s1. The number of carbonyl (C=O) groups is 2. The van der Waals surface area contributed by atoms with Crippen LogP contribution in [-0.4, -0.2) is 35.4 Å². The highest BCUT2D eigenvalue weighted by atomic mass is 35.5. The van der Waals surface area contributed by atoms with Gasteiger partial charge in [-0.1, -0.05) is 29.8 Å². The Kier molecular flexibility index (Phi) is 5.54. The van der Waals surface area contributed by atoms with Crippen LogP contribution in [0.2, 0.25) is 5.02 Å². The first kappa shape index (κ1) is 18.1. The van der Waals surface area contributed by atoms with Crippen LogP contribution in [0.4, 0.5) is 0 Å². The number of esters is 1. The van der Waals surface area contributed by atoms with Crippen LogP contribution in [0.1, 0.15) is 50.0 Å². The molecule has 2 aromatic rings. The normalized spacial score (nSPS) is 16.6. The second-order valence-electron chi connectivity index (χ2n) is 6.16. The SMILES string of the molecule is CSCCOC(=O)c1[nH]c2c(c1C)C(=O)C[C@@H](c1ccccc1Cl)C2. The molecule has 0 unspecified atom stereocenters. The van der Waals surface area contributed by atoms with Gasteiger partial charge in [0.2, 0.25) is 0 Å². The molecule has 0 spiro atoms. The lowest BCUT2D eigenvalue weighted by molar-refractivity contribution is 0.0523. The van der Waals surface area contributed by atoms with Crippen molar-refractivity contribution in [3.8, 4) is 0 Å². The number of carbonyl (C=O) groups excluding carboxylic acids is 2. The Hall–Kier alpha value is -1.72. The summed E-state index contributed by atoms with van der Waals surface area (Å²) in [5.74, 6) is 0.414. The third-order valence-electron chi connectivity index (χ3n) is 4.56. The number of Topliss-reactive ketones (excluding diaryl/α,β-unsaturated/α-hetero) is 1. The molecule has 132 valence electrons. The molecule has 1 aliphatic carbocycles. The number of thioether (sulfide) groups is 1. The summed E-state index contributed by atoms with van der Waals surface area (Å²) in [7, 11) is 0. The molecule has 1 atom stereocenters. The monoisotopic (exact) mass is 377 g/mol. The van der Waals surface area contributed by atoms with E-state index in [0.29, 0.717) is 41.3 Å². The molecule has 1 N–H and O–H groups in total. The quantitative estimate of drug-likeness (QED) is 0.619. The van der Waals surface area contributed by atoms with Crippen molar-refractivity contribution in [1.29, 1.82) is 0 Å². The second-order valence-corrected chi connectivity index (χ2v) is 7.55. The zero-order chi connectivity index (χ0) is 18.0. The molecule has 0 aliphatic heterocycles. The van der Waals surface area contributed by atoms with Crippen molar-refractivity contribution in [3.63, 3.8) is 0 Å². The average molecular weight is 378 g/mol. The molecular weight excluding hydrogens is 358 g/mol. The Morgan fingerprint density at radius 3 is 2.84 bits per heavy atom. The van der Waals surface area contributed by atoms with Crippen molar-refractivity contribution in [3.05, 3.63) is 57.4 Å². The summed E-state index contributed by atoms with van der Waals surface area (Å²) in [5, 5.41) is 0.670. The van der Waals surface area contributed by atoms with Gasteiger partial charge in [-0.3, -0.25) is 4.79 Å². The number of rotatable bonds is 5. The third-order valence-corrected chi connectivity index (χ3v) is 5.48. The molecule has 0 radical (unpaired) electrons. The van der Waals surface area contributed by atoms with Crippen LogP contribution < -0.4 is 0 Å². The maximum atomic E-state index is 12.7. The molecule has 1 aromatic carbocycles. The fourth-order valence-corrected chi connectivity index (χ4v) is 3.89. The van der Waals surface area contributed by atoms with Gasteiger partial charge < -0.3 is 9.72 Å². The van der Waals surface area contributed by atoms with Crippen molar-refractivity contribution in [2.24, 2.45) is 0 Å². The number of nitrogens with one attached hydrogen (secondary N) is 1. The molecule has 3 rings (SSSR count).